The number of aliphatic hydroxyl groups excluding tert-OH is 1. The molecule has 2 nitrogen and oxygen atoms in total. The van der Waals surface area contributed by atoms with E-state index in [1.807, 2.05) is 0 Å². The largest absolute Gasteiger partial charge is 0.395 e. The predicted molar refractivity (Wildman–Crippen MR) is 71.1 cm³/mol. The molecule has 1 N–H and O–H groups in total. The normalized spacial score (nSPS) is 25.3. The Balaban J connectivity index is 2.09. The number of rotatable bonds is 3. The van der Waals surface area contributed by atoms with Gasteiger partial charge in [0.05, 0.1) is 11.6 Å². The SMILES string of the molecule is C[C@@H]1CCCN(Cc2ccc(F)c(Cl)c2)[C@@H]1CO. The van der Waals surface area contributed by atoms with Crippen molar-refractivity contribution in [3.63, 3.8) is 0 Å². The van der Waals surface area contributed by atoms with Crippen LogP contribution in [0.15, 0.2) is 18.2 Å². The van der Waals surface area contributed by atoms with Gasteiger partial charge in [-0.15, -0.1) is 0 Å². The summed E-state index contributed by atoms with van der Waals surface area (Å²) < 4.78 is 13.1. The van der Waals surface area contributed by atoms with E-state index in [-0.39, 0.29) is 23.5 Å². The van der Waals surface area contributed by atoms with Crippen molar-refractivity contribution < 1.29 is 9.50 Å². The first-order valence-corrected chi connectivity index (χ1v) is 6.78. The van der Waals surface area contributed by atoms with Crippen molar-refractivity contribution in [3.05, 3.63) is 34.6 Å². The van der Waals surface area contributed by atoms with Gasteiger partial charge in [0.15, 0.2) is 0 Å². The van der Waals surface area contributed by atoms with Crippen molar-refractivity contribution >= 4 is 11.6 Å². The van der Waals surface area contributed by atoms with Crippen molar-refractivity contribution in [3.8, 4) is 0 Å². The highest BCUT2D eigenvalue weighted by atomic mass is 35.5. The highest BCUT2D eigenvalue weighted by Gasteiger charge is 2.27. The third-order valence-electron chi connectivity index (χ3n) is 3.79. The summed E-state index contributed by atoms with van der Waals surface area (Å²) in [6, 6.07) is 5.03. The molecule has 0 saturated carbocycles. The second-order valence-corrected chi connectivity index (χ2v) is 5.50. The second-order valence-electron chi connectivity index (χ2n) is 5.09. The van der Waals surface area contributed by atoms with E-state index in [1.165, 1.54) is 6.07 Å². The van der Waals surface area contributed by atoms with Gasteiger partial charge in [-0.1, -0.05) is 24.6 Å². The number of benzene rings is 1. The molecule has 1 aromatic carbocycles. The van der Waals surface area contributed by atoms with Crippen LogP contribution in [0.4, 0.5) is 4.39 Å². The van der Waals surface area contributed by atoms with Gasteiger partial charge in [0.25, 0.3) is 0 Å². The zero-order chi connectivity index (χ0) is 13.1. The van der Waals surface area contributed by atoms with Crippen LogP contribution in [0.3, 0.4) is 0 Å². The van der Waals surface area contributed by atoms with Crippen LogP contribution >= 0.6 is 11.6 Å². The lowest BCUT2D eigenvalue weighted by molar-refractivity contribution is 0.0472. The van der Waals surface area contributed by atoms with E-state index in [0.29, 0.717) is 5.92 Å². The van der Waals surface area contributed by atoms with Crippen molar-refractivity contribution in [2.45, 2.75) is 32.4 Å². The summed E-state index contributed by atoms with van der Waals surface area (Å²) in [6.45, 7) is 4.04. The summed E-state index contributed by atoms with van der Waals surface area (Å²) in [6.07, 6.45) is 2.30. The molecule has 0 aliphatic carbocycles. The quantitative estimate of drug-likeness (QED) is 0.913. The zero-order valence-electron chi connectivity index (χ0n) is 10.6. The highest BCUT2D eigenvalue weighted by Crippen LogP contribution is 2.25. The molecule has 1 heterocycles. The maximum absolute atomic E-state index is 13.1. The number of nitrogens with zero attached hydrogens (tertiary/aromatic N) is 1. The van der Waals surface area contributed by atoms with Crippen LogP contribution in [0.25, 0.3) is 0 Å². The minimum absolute atomic E-state index is 0.165. The third kappa shape index (κ3) is 3.02. The van der Waals surface area contributed by atoms with Gasteiger partial charge >= 0.3 is 0 Å². The van der Waals surface area contributed by atoms with Crippen LogP contribution in [0, 0.1) is 11.7 Å². The molecule has 1 aromatic rings. The van der Waals surface area contributed by atoms with E-state index >= 15 is 0 Å². The summed E-state index contributed by atoms with van der Waals surface area (Å²) >= 11 is 5.79. The maximum atomic E-state index is 13.1. The lowest BCUT2D eigenvalue weighted by Crippen LogP contribution is -2.45. The number of hydrogen-bond donors (Lipinski definition) is 1. The van der Waals surface area contributed by atoms with Crippen LogP contribution in [-0.4, -0.2) is 29.2 Å². The van der Waals surface area contributed by atoms with E-state index in [0.717, 1.165) is 31.5 Å². The molecule has 4 heteroatoms. The monoisotopic (exact) mass is 271 g/mol. The Morgan fingerprint density at radius 3 is 2.94 bits per heavy atom. The first kappa shape index (κ1) is 13.8. The molecule has 0 spiro atoms. The van der Waals surface area contributed by atoms with Gasteiger partial charge in [0.1, 0.15) is 5.82 Å². The molecule has 0 bridgehead atoms. The summed E-state index contributed by atoms with van der Waals surface area (Å²) in [4.78, 5) is 2.26. The Labute approximate surface area is 112 Å². The predicted octanol–water partition coefficient (Wildman–Crippen LogP) is 3.07. The first-order chi connectivity index (χ1) is 8.61. The molecule has 0 amide bonds. The fourth-order valence-corrected chi connectivity index (χ4v) is 2.90. The minimum atomic E-state index is -0.383. The molecular weight excluding hydrogens is 253 g/mol. The summed E-state index contributed by atoms with van der Waals surface area (Å²) in [5.74, 6) is 0.116. The van der Waals surface area contributed by atoms with Gasteiger partial charge < -0.3 is 5.11 Å². The summed E-state index contributed by atoms with van der Waals surface area (Å²) in [5, 5.41) is 9.65. The Hall–Kier alpha value is -0.640. The van der Waals surface area contributed by atoms with Crippen molar-refractivity contribution in [2.75, 3.05) is 13.2 Å². The Morgan fingerprint density at radius 2 is 2.28 bits per heavy atom. The van der Waals surface area contributed by atoms with Crippen LogP contribution in [0.1, 0.15) is 25.3 Å². The highest BCUT2D eigenvalue weighted by molar-refractivity contribution is 6.30. The van der Waals surface area contributed by atoms with E-state index < -0.39 is 0 Å². The van der Waals surface area contributed by atoms with Crippen LogP contribution in [0.5, 0.6) is 0 Å². The molecule has 2 atom stereocenters. The Bertz CT molecular complexity index is 413. The first-order valence-electron chi connectivity index (χ1n) is 6.40. The van der Waals surface area contributed by atoms with Crippen molar-refractivity contribution in [1.29, 1.82) is 0 Å². The van der Waals surface area contributed by atoms with Gasteiger partial charge in [-0.2, -0.15) is 0 Å². The molecule has 0 aromatic heterocycles. The van der Waals surface area contributed by atoms with Crippen LogP contribution in [-0.2, 0) is 6.54 Å². The second kappa shape index (κ2) is 6.00. The van der Waals surface area contributed by atoms with E-state index in [2.05, 4.69) is 11.8 Å². The van der Waals surface area contributed by atoms with E-state index in [4.69, 9.17) is 11.6 Å². The maximum Gasteiger partial charge on any atom is 0.141 e. The van der Waals surface area contributed by atoms with Gasteiger partial charge in [-0.25, -0.2) is 4.39 Å². The van der Waals surface area contributed by atoms with Crippen LogP contribution in [0.2, 0.25) is 5.02 Å². The molecule has 1 saturated heterocycles. The average molecular weight is 272 g/mol. The fourth-order valence-electron chi connectivity index (χ4n) is 2.70. The fraction of sp³-hybridized carbons (Fsp3) is 0.571. The molecule has 0 radical (unpaired) electrons. The number of halogens is 2. The Morgan fingerprint density at radius 1 is 1.50 bits per heavy atom. The van der Waals surface area contributed by atoms with Gasteiger partial charge in [-0.05, 0) is 43.0 Å². The summed E-state index contributed by atoms with van der Waals surface area (Å²) in [7, 11) is 0. The standard InChI is InChI=1S/C14H19ClFNO/c1-10-3-2-6-17(14(10)9-18)8-11-4-5-13(16)12(15)7-11/h4-5,7,10,14,18H,2-3,6,8-9H2,1H3/t10-,14-/m1/s1. The number of likely N-dealkylation sites (tertiary alicyclic amines) is 1. The molecule has 18 heavy (non-hydrogen) atoms. The van der Waals surface area contributed by atoms with Gasteiger partial charge in [0, 0.05) is 12.6 Å². The molecule has 1 fully saturated rings. The number of aliphatic hydroxyl groups is 1. The summed E-state index contributed by atoms with van der Waals surface area (Å²) in [5.41, 5.74) is 0.994. The smallest absolute Gasteiger partial charge is 0.141 e. The topological polar surface area (TPSA) is 23.5 Å². The molecule has 100 valence electrons. The minimum Gasteiger partial charge on any atom is -0.395 e. The number of hydrogen-bond acceptors (Lipinski definition) is 2. The molecule has 0 unspecified atom stereocenters. The van der Waals surface area contributed by atoms with E-state index in [1.54, 1.807) is 12.1 Å². The van der Waals surface area contributed by atoms with Gasteiger partial charge in [-0.3, -0.25) is 4.90 Å². The molecule has 2 rings (SSSR count). The van der Waals surface area contributed by atoms with Crippen LogP contribution < -0.4 is 0 Å². The Kier molecular flexibility index (Phi) is 4.60. The van der Waals surface area contributed by atoms with Crippen molar-refractivity contribution in [1.82, 2.24) is 4.90 Å². The average Bonchev–Trinajstić information content (AvgIpc) is 2.34. The zero-order valence-corrected chi connectivity index (χ0v) is 11.3. The lowest BCUT2D eigenvalue weighted by Gasteiger charge is -2.39. The molecular formula is C14H19ClFNO. The third-order valence-corrected chi connectivity index (χ3v) is 4.08. The van der Waals surface area contributed by atoms with E-state index in [9.17, 15) is 9.50 Å². The van der Waals surface area contributed by atoms with Crippen molar-refractivity contribution in [2.24, 2.45) is 5.92 Å². The van der Waals surface area contributed by atoms with Gasteiger partial charge in [0.2, 0.25) is 0 Å². The number of piperidine rings is 1. The lowest BCUT2D eigenvalue weighted by atomic mass is 9.91. The molecule has 1 aliphatic rings. The molecule has 1 aliphatic heterocycles.